The van der Waals surface area contributed by atoms with Crippen molar-refractivity contribution in [2.45, 2.75) is 24.0 Å². The third kappa shape index (κ3) is 4.26. The van der Waals surface area contributed by atoms with E-state index in [1.807, 2.05) is 11.8 Å². The first kappa shape index (κ1) is 14.4. The second-order valence-electron chi connectivity index (χ2n) is 4.62. The molecule has 0 amide bonds. The van der Waals surface area contributed by atoms with Crippen LogP contribution in [0.5, 0.6) is 0 Å². The first-order valence-corrected chi connectivity index (χ1v) is 8.49. The van der Waals surface area contributed by atoms with Gasteiger partial charge in [0.15, 0.2) is 0 Å². The third-order valence-corrected chi connectivity index (χ3v) is 4.91. The Labute approximate surface area is 122 Å². The molecule has 1 fully saturated rings. The number of morpholine rings is 1. The normalized spacial score (nSPS) is 25.2. The summed E-state index contributed by atoms with van der Waals surface area (Å²) in [6.45, 7) is 5.28. The lowest BCUT2D eigenvalue weighted by Crippen LogP contribution is -2.49. The van der Waals surface area contributed by atoms with E-state index >= 15 is 0 Å². The molecule has 0 saturated carbocycles. The fourth-order valence-electron chi connectivity index (χ4n) is 2.08. The Bertz CT molecular complexity index is 349. The van der Waals surface area contributed by atoms with Gasteiger partial charge in [-0.1, -0.05) is 34.1 Å². The average molecular weight is 330 g/mol. The number of rotatable bonds is 5. The highest BCUT2D eigenvalue weighted by atomic mass is 79.9. The van der Waals surface area contributed by atoms with Crippen LogP contribution in [0.4, 0.5) is 0 Å². The van der Waals surface area contributed by atoms with E-state index in [0.717, 1.165) is 30.8 Å². The molecule has 1 heterocycles. The monoisotopic (exact) mass is 329 g/mol. The van der Waals surface area contributed by atoms with Crippen LogP contribution in [-0.2, 0) is 4.74 Å². The van der Waals surface area contributed by atoms with Crippen molar-refractivity contribution in [3.05, 3.63) is 30.3 Å². The van der Waals surface area contributed by atoms with Crippen LogP contribution in [-0.4, -0.2) is 47.8 Å². The summed E-state index contributed by atoms with van der Waals surface area (Å²) < 4.78 is 5.74. The minimum absolute atomic E-state index is 0.350. The number of alkyl halides is 1. The molecule has 2 rings (SSSR count). The zero-order chi connectivity index (χ0) is 12.8. The summed E-state index contributed by atoms with van der Waals surface area (Å²) in [5.41, 5.74) is 0. The molecule has 2 nitrogen and oxygen atoms in total. The zero-order valence-electron chi connectivity index (χ0n) is 10.7. The minimum atomic E-state index is 0.350. The standard InChI is InChI=1S/C14H20BrNOS/c1-12-11-17-13(9-15)10-16(12)7-8-18-14-5-3-2-4-6-14/h2-6,12-13H,7-11H2,1H3. The summed E-state index contributed by atoms with van der Waals surface area (Å²) in [7, 11) is 0. The van der Waals surface area contributed by atoms with Crippen molar-refractivity contribution in [2.75, 3.05) is 30.8 Å². The summed E-state index contributed by atoms with van der Waals surface area (Å²) in [6, 6.07) is 11.1. The molecule has 1 aromatic carbocycles. The van der Waals surface area contributed by atoms with Crippen LogP contribution in [0.1, 0.15) is 6.92 Å². The molecule has 0 radical (unpaired) electrons. The number of hydrogen-bond donors (Lipinski definition) is 0. The Morgan fingerprint density at radius 2 is 2.17 bits per heavy atom. The second kappa shape index (κ2) is 7.53. The summed E-state index contributed by atoms with van der Waals surface area (Å²) >= 11 is 5.44. The van der Waals surface area contributed by atoms with E-state index in [1.54, 1.807) is 0 Å². The highest BCUT2D eigenvalue weighted by molar-refractivity contribution is 9.09. The first-order chi connectivity index (χ1) is 8.79. The van der Waals surface area contributed by atoms with E-state index in [-0.39, 0.29) is 0 Å². The topological polar surface area (TPSA) is 12.5 Å². The summed E-state index contributed by atoms with van der Waals surface area (Å²) in [5.74, 6) is 1.14. The average Bonchev–Trinajstić information content (AvgIpc) is 2.42. The molecule has 1 aliphatic rings. The predicted octanol–water partition coefficient (Wildman–Crippen LogP) is 3.26. The Balaban J connectivity index is 1.75. The van der Waals surface area contributed by atoms with Gasteiger partial charge in [-0.15, -0.1) is 11.8 Å². The molecule has 0 aromatic heterocycles. The van der Waals surface area contributed by atoms with E-state index in [1.165, 1.54) is 4.90 Å². The van der Waals surface area contributed by atoms with Crippen LogP contribution in [0.15, 0.2) is 35.2 Å². The van der Waals surface area contributed by atoms with Gasteiger partial charge in [0, 0.05) is 35.1 Å². The smallest absolute Gasteiger partial charge is 0.0799 e. The molecule has 0 spiro atoms. The van der Waals surface area contributed by atoms with Crippen LogP contribution < -0.4 is 0 Å². The van der Waals surface area contributed by atoms with Gasteiger partial charge in [-0.05, 0) is 19.1 Å². The minimum Gasteiger partial charge on any atom is -0.374 e. The van der Waals surface area contributed by atoms with Gasteiger partial charge in [0.1, 0.15) is 0 Å². The van der Waals surface area contributed by atoms with Crippen LogP contribution in [0.25, 0.3) is 0 Å². The van der Waals surface area contributed by atoms with Crippen molar-refractivity contribution in [3.63, 3.8) is 0 Å². The van der Waals surface area contributed by atoms with Crippen molar-refractivity contribution < 1.29 is 4.74 Å². The Morgan fingerprint density at radius 1 is 1.39 bits per heavy atom. The van der Waals surface area contributed by atoms with Gasteiger partial charge in [0.05, 0.1) is 12.7 Å². The van der Waals surface area contributed by atoms with Gasteiger partial charge in [-0.25, -0.2) is 0 Å². The number of nitrogens with zero attached hydrogens (tertiary/aromatic N) is 1. The van der Waals surface area contributed by atoms with E-state index in [9.17, 15) is 0 Å². The Hall–Kier alpha value is -0.0300. The molecule has 1 aliphatic heterocycles. The molecular weight excluding hydrogens is 310 g/mol. The molecular formula is C14H20BrNOS. The van der Waals surface area contributed by atoms with Crippen molar-refractivity contribution in [3.8, 4) is 0 Å². The van der Waals surface area contributed by atoms with E-state index in [4.69, 9.17) is 4.74 Å². The van der Waals surface area contributed by atoms with E-state index in [2.05, 4.69) is 58.1 Å². The molecule has 4 heteroatoms. The van der Waals surface area contributed by atoms with Crippen LogP contribution in [0.2, 0.25) is 0 Å². The molecule has 2 unspecified atom stereocenters. The fraction of sp³-hybridized carbons (Fsp3) is 0.571. The third-order valence-electron chi connectivity index (χ3n) is 3.20. The molecule has 100 valence electrons. The number of hydrogen-bond acceptors (Lipinski definition) is 3. The fourth-order valence-corrected chi connectivity index (χ4v) is 3.38. The highest BCUT2D eigenvalue weighted by Gasteiger charge is 2.24. The first-order valence-electron chi connectivity index (χ1n) is 6.39. The summed E-state index contributed by atoms with van der Waals surface area (Å²) in [5, 5.41) is 0.933. The molecule has 0 aliphatic carbocycles. The van der Waals surface area contributed by atoms with Gasteiger partial charge in [-0.2, -0.15) is 0 Å². The van der Waals surface area contributed by atoms with Gasteiger partial charge in [0.25, 0.3) is 0 Å². The van der Waals surface area contributed by atoms with Crippen molar-refractivity contribution in [1.29, 1.82) is 0 Å². The van der Waals surface area contributed by atoms with Gasteiger partial charge in [-0.3, -0.25) is 4.90 Å². The molecule has 0 N–H and O–H groups in total. The van der Waals surface area contributed by atoms with Gasteiger partial charge in [0.2, 0.25) is 0 Å². The van der Waals surface area contributed by atoms with E-state index in [0.29, 0.717) is 12.1 Å². The van der Waals surface area contributed by atoms with Crippen molar-refractivity contribution >= 4 is 27.7 Å². The second-order valence-corrected chi connectivity index (χ2v) is 6.43. The van der Waals surface area contributed by atoms with Crippen molar-refractivity contribution in [2.24, 2.45) is 0 Å². The summed E-state index contributed by atoms with van der Waals surface area (Å²) in [4.78, 5) is 3.89. The predicted molar refractivity (Wildman–Crippen MR) is 81.7 cm³/mol. The Morgan fingerprint density at radius 3 is 2.89 bits per heavy atom. The lowest BCUT2D eigenvalue weighted by Gasteiger charge is -2.37. The molecule has 1 saturated heterocycles. The molecule has 1 aromatic rings. The zero-order valence-corrected chi connectivity index (χ0v) is 13.1. The van der Waals surface area contributed by atoms with Crippen LogP contribution in [0.3, 0.4) is 0 Å². The number of thioether (sulfide) groups is 1. The quantitative estimate of drug-likeness (QED) is 0.607. The molecule has 2 atom stereocenters. The number of halogens is 1. The lowest BCUT2D eigenvalue weighted by atomic mass is 10.2. The summed E-state index contributed by atoms with van der Waals surface area (Å²) in [6.07, 6.45) is 0.350. The van der Waals surface area contributed by atoms with E-state index < -0.39 is 0 Å². The number of ether oxygens (including phenoxy) is 1. The van der Waals surface area contributed by atoms with Crippen LogP contribution >= 0.6 is 27.7 Å². The Kier molecular flexibility index (Phi) is 6.02. The maximum Gasteiger partial charge on any atom is 0.0799 e. The SMILES string of the molecule is CC1COC(CBr)CN1CCSc1ccccc1. The molecule has 0 bridgehead atoms. The lowest BCUT2D eigenvalue weighted by molar-refractivity contribution is -0.0440. The van der Waals surface area contributed by atoms with Gasteiger partial charge < -0.3 is 4.74 Å². The highest BCUT2D eigenvalue weighted by Crippen LogP contribution is 2.19. The maximum absolute atomic E-state index is 5.74. The largest absolute Gasteiger partial charge is 0.374 e. The van der Waals surface area contributed by atoms with Crippen LogP contribution in [0, 0.1) is 0 Å². The molecule has 18 heavy (non-hydrogen) atoms. The van der Waals surface area contributed by atoms with Crippen molar-refractivity contribution in [1.82, 2.24) is 4.90 Å². The maximum atomic E-state index is 5.74. The number of benzene rings is 1. The van der Waals surface area contributed by atoms with Gasteiger partial charge >= 0.3 is 0 Å².